The minimum atomic E-state index is 0.273. The first-order chi connectivity index (χ1) is 10.2. The fraction of sp³-hybridized carbons (Fsp3) is 0.750. The summed E-state index contributed by atoms with van der Waals surface area (Å²) in [6, 6.07) is 2.66. The Hall–Kier alpha value is -1.36. The van der Waals surface area contributed by atoms with E-state index in [2.05, 4.69) is 39.7 Å². The Morgan fingerprint density at radius 1 is 1.19 bits per heavy atom. The molecule has 21 heavy (non-hydrogen) atoms. The number of aliphatic hydroxyl groups excluding tert-OH is 1. The Balaban J connectivity index is 1.77. The van der Waals surface area contributed by atoms with Crippen molar-refractivity contribution in [2.24, 2.45) is 11.8 Å². The molecule has 3 atom stereocenters. The molecule has 0 bridgehead atoms. The highest BCUT2D eigenvalue weighted by atomic mass is 16.3. The third-order valence-corrected chi connectivity index (χ3v) is 5.17. The molecule has 116 valence electrons. The molecule has 3 rings (SSSR count). The van der Waals surface area contributed by atoms with Crippen molar-refractivity contribution < 1.29 is 5.11 Å². The summed E-state index contributed by atoms with van der Waals surface area (Å²) in [7, 11) is 0. The summed E-state index contributed by atoms with van der Waals surface area (Å²) in [5.74, 6) is 3.15. The molecule has 5 nitrogen and oxygen atoms in total. The molecule has 0 radical (unpaired) electrons. The summed E-state index contributed by atoms with van der Waals surface area (Å²) < 4.78 is 0. The molecule has 0 spiro atoms. The molecule has 2 fully saturated rings. The van der Waals surface area contributed by atoms with Gasteiger partial charge in [-0.15, -0.1) is 0 Å². The average molecular weight is 290 g/mol. The predicted octanol–water partition coefficient (Wildman–Crippen LogP) is 1.92. The van der Waals surface area contributed by atoms with Crippen molar-refractivity contribution in [1.82, 2.24) is 9.97 Å². The summed E-state index contributed by atoms with van der Waals surface area (Å²) in [5.41, 5.74) is 0. The number of hydrogen-bond acceptors (Lipinski definition) is 5. The minimum Gasteiger partial charge on any atom is -0.396 e. The van der Waals surface area contributed by atoms with E-state index in [4.69, 9.17) is 0 Å². The Morgan fingerprint density at radius 3 is 2.71 bits per heavy atom. The average Bonchev–Trinajstić information content (AvgIpc) is 2.87. The van der Waals surface area contributed by atoms with Crippen LogP contribution in [0.2, 0.25) is 0 Å². The Morgan fingerprint density at radius 2 is 2.00 bits per heavy atom. The van der Waals surface area contributed by atoms with Gasteiger partial charge in [0.05, 0.1) is 0 Å². The van der Waals surface area contributed by atoms with Crippen LogP contribution < -0.4 is 9.80 Å². The van der Waals surface area contributed by atoms with Crippen LogP contribution in [-0.4, -0.2) is 47.4 Å². The van der Waals surface area contributed by atoms with Gasteiger partial charge in [-0.25, -0.2) is 9.97 Å². The van der Waals surface area contributed by atoms with Gasteiger partial charge in [0.2, 0.25) is 0 Å². The third-order valence-electron chi connectivity index (χ3n) is 5.17. The van der Waals surface area contributed by atoms with Crippen LogP contribution in [-0.2, 0) is 0 Å². The zero-order valence-electron chi connectivity index (χ0n) is 13.1. The van der Waals surface area contributed by atoms with E-state index < -0.39 is 0 Å². The van der Waals surface area contributed by atoms with Crippen molar-refractivity contribution >= 4 is 11.6 Å². The first kappa shape index (κ1) is 14.6. The number of aromatic nitrogens is 2. The van der Waals surface area contributed by atoms with Crippen molar-refractivity contribution in [3.63, 3.8) is 0 Å². The van der Waals surface area contributed by atoms with Crippen LogP contribution in [0.25, 0.3) is 0 Å². The topological polar surface area (TPSA) is 52.5 Å². The van der Waals surface area contributed by atoms with Gasteiger partial charge in [-0.3, -0.25) is 0 Å². The fourth-order valence-electron chi connectivity index (χ4n) is 3.51. The van der Waals surface area contributed by atoms with E-state index in [1.807, 2.05) is 0 Å². The largest absolute Gasteiger partial charge is 0.396 e. The van der Waals surface area contributed by atoms with Crippen LogP contribution >= 0.6 is 0 Å². The maximum atomic E-state index is 9.38. The molecule has 2 aliphatic rings. The van der Waals surface area contributed by atoms with Gasteiger partial charge in [0, 0.05) is 38.3 Å². The zero-order valence-corrected chi connectivity index (χ0v) is 13.1. The lowest BCUT2D eigenvalue weighted by atomic mass is 9.99. The number of piperidine rings is 1. The lowest BCUT2D eigenvalue weighted by Crippen LogP contribution is -2.37. The summed E-state index contributed by atoms with van der Waals surface area (Å²) in [5, 5.41) is 9.38. The van der Waals surface area contributed by atoms with E-state index >= 15 is 0 Å². The van der Waals surface area contributed by atoms with Crippen molar-refractivity contribution in [2.45, 2.75) is 39.2 Å². The lowest BCUT2D eigenvalue weighted by molar-refractivity contribution is 0.208. The number of anilines is 2. The summed E-state index contributed by atoms with van der Waals surface area (Å²) in [4.78, 5) is 13.6. The minimum absolute atomic E-state index is 0.273. The van der Waals surface area contributed by atoms with Gasteiger partial charge >= 0.3 is 0 Å². The molecule has 0 aromatic carbocycles. The number of aliphatic hydroxyl groups is 1. The van der Waals surface area contributed by atoms with E-state index in [0.29, 0.717) is 12.0 Å². The second kappa shape index (κ2) is 6.18. The van der Waals surface area contributed by atoms with E-state index in [0.717, 1.165) is 50.0 Å². The Labute approximate surface area is 127 Å². The van der Waals surface area contributed by atoms with Crippen LogP contribution in [0.3, 0.4) is 0 Å². The Kier molecular flexibility index (Phi) is 4.29. The number of nitrogens with zero attached hydrogens (tertiary/aromatic N) is 4. The molecule has 5 heteroatoms. The van der Waals surface area contributed by atoms with E-state index in [1.165, 1.54) is 6.42 Å². The van der Waals surface area contributed by atoms with Crippen LogP contribution in [0.15, 0.2) is 12.4 Å². The molecule has 1 N–H and O–H groups in total. The number of hydrogen-bond donors (Lipinski definition) is 1. The molecule has 2 saturated heterocycles. The lowest BCUT2D eigenvalue weighted by Gasteiger charge is -2.33. The van der Waals surface area contributed by atoms with Crippen molar-refractivity contribution in [1.29, 1.82) is 0 Å². The van der Waals surface area contributed by atoms with Crippen molar-refractivity contribution in [2.75, 3.05) is 36.0 Å². The fourth-order valence-corrected chi connectivity index (χ4v) is 3.51. The molecule has 1 aromatic rings. The van der Waals surface area contributed by atoms with E-state index in [1.54, 1.807) is 6.33 Å². The highest BCUT2D eigenvalue weighted by Gasteiger charge is 2.29. The molecule has 0 amide bonds. The first-order valence-electron chi connectivity index (χ1n) is 8.13. The quantitative estimate of drug-likeness (QED) is 0.921. The van der Waals surface area contributed by atoms with Gasteiger partial charge in [0.15, 0.2) is 0 Å². The standard InChI is InChI=1S/C16H26N4O/c1-12-5-7-20(13(12)2)16-8-15(17-11-18-16)19-6-3-4-14(9-19)10-21/h8,11-14,21H,3-7,9-10H2,1-2H3. The number of rotatable bonds is 3. The maximum absolute atomic E-state index is 9.38. The molecule has 0 saturated carbocycles. The highest BCUT2D eigenvalue weighted by molar-refractivity contribution is 5.51. The van der Waals surface area contributed by atoms with E-state index in [9.17, 15) is 5.11 Å². The second-order valence-electron chi connectivity index (χ2n) is 6.57. The van der Waals surface area contributed by atoms with Crippen molar-refractivity contribution in [3.8, 4) is 0 Å². The normalized spacial score (nSPS) is 30.0. The molecule has 2 aliphatic heterocycles. The van der Waals surface area contributed by atoms with Gasteiger partial charge in [-0.05, 0) is 38.0 Å². The van der Waals surface area contributed by atoms with Crippen LogP contribution in [0.1, 0.15) is 33.1 Å². The van der Waals surface area contributed by atoms with Gasteiger partial charge in [-0.1, -0.05) is 6.92 Å². The molecular weight excluding hydrogens is 264 g/mol. The monoisotopic (exact) mass is 290 g/mol. The maximum Gasteiger partial charge on any atom is 0.134 e. The molecule has 1 aromatic heterocycles. The third kappa shape index (κ3) is 2.98. The first-order valence-corrected chi connectivity index (χ1v) is 8.13. The van der Waals surface area contributed by atoms with Gasteiger partial charge in [0.1, 0.15) is 18.0 Å². The van der Waals surface area contributed by atoms with Gasteiger partial charge in [-0.2, -0.15) is 0 Å². The smallest absolute Gasteiger partial charge is 0.134 e. The Bertz CT molecular complexity index is 481. The van der Waals surface area contributed by atoms with Crippen molar-refractivity contribution in [3.05, 3.63) is 12.4 Å². The SMILES string of the molecule is CC1CCN(c2cc(N3CCCC(CO)C3)ncn2)C1C. The van der Waals surface area contributed by atoms with Crippen LogP contribution in [0.4, 0.5) is 11.6 Å². The molecule has 3 unspecified atom stereocenters. The van der Waals surface area contributed by atoms with Gasteiger partial charge < -0.3 is 14.9 Å². The predicted molar refractivity (Wildman–Crippen MR) is 84.6 cm³/mol. The molecule has 3 heterocycles. The molecule has 0 aliphatic carbocycles. The zero-order chi connectivity index (χ0) is 14.8. The van der Waals surface area contributed by atoms with Crippen LogP contribution in [0, 0.1) is 11.8 Å². The van der Waals surface area contributed by atoms with Crippen LogP contribution in [0.5, 0.6) is 0 Å². The highest BCUT2D eigenvalue weighted by Crippen LogP contribution is 2.30. The summed E-state index contributed by atoms with van der Waals surface area (Å²) in [6.45, 7) is 7.87. The summed E-state index contributed by atoms with van der Waals surface area (Å²) >= 11 is 0. The van der Waals surface area contributed by atoms with Gasteiger partial charge in [0.25, 0.3) is 0 Å². The second-order valence-corrected chi connectivity index (χ2v) is 6.57. The molecular formula is C16H26N4O. The summed E-state index contributed by atoms with van der Waals surface area (Å²) in [6.07, 6.45) is 5.16. The van der Waals surface area contributed by atoms with E-state index in [-0.39, 0.29) is 6.61 Å².